The lowest BCUT2D eigenvalue weighted by Crippen LogP contribution is -2.53. The maximum atomic E-state index is 13.0. The zero-order chi connectivity index (χ0) is 19.6. The molecule has 0 aromatic heterocycles. The van der Waals surface area contributed by atoms with Crippen molar-refractivity contribution < 1.29 is 19.1 Å². The lowest BCUT2D eigenvalue weighted by Gasteiger charge is -2.35. The van der Waals surface area contributed by atoms with Crippen LogP contribution in [0.4, 0.5) is 10.5 Å². The van der Waals surface area contributed by atoms with Crippen LogP contribution in [0, 0.1) is 19.3 Å². The van der Waals surface area contributed by atoms with Crippen molar-refractivity contribution in [1.82, 2.24) is 9.80 Å². The number of hydrogen-bond acceptors (Lipinski definition) is 4. The predicted octanol–water partition coefficient (Wildman–Crippen LogP) is 2.32. The second kappa shape index (κ2) is 7.58. The molecule has 1 saturated heterocycles. The number of amides is 3. The van der Waals surface area contributed by atoms with Gasteiger partial charge in [0.1, 0.15) is 5.41 Å². The second-order valence-corrected chi connectivity index (χ2v) is 7.26. The van der Waals surface area contributed by atoms with Crippen LogP contribution in [0.15, 0.2) is 18.2 Å². The SMILES string of the molecule is CCOC(=O)N1CCN(C(=O)C2(C(=O)Nc3cccc(C)c3C)CC2)CC1. The van der Waals surface area contributed by atoms with Gasteiger partial charge in [0.15, 0.2) is 0 Å². The van der Waals surface area contributed by atoms with Gasteiger partial charge in [-0.3, -0.25) is 9.59 Å². The Bertz CT molecular complexity index is 750. The molecule has 3 amide bonds. The summed E-state index contributed by atoms with van der Waals surface area (Å²) < 4.78 is 5.00. The quantitative estimate of drug-likeness (QED) is 0.822. The molecule has 1 aliphatic carbocycles. The molecule has 1 aromatic rings. The Morgan fingerprint density at radius 2 is 1.70 bits per heavy atom. The molecular formula is C20H27N3O4. The summed E-state index contributed by atoms with van der Waals surface area (Å²) in [5.41, 5.74) is 1.91. The number of nitrogens with one attached hydrogen (secondary N) is 1. The summed E-state index contributed by atoms with van der Waals surface area (Å²) in [6.45, 7) is 7.76. The molecule has 2 fully saturated rings. The molecule has 0 bridgehead atoms. The van der Waals surface area contributed by atoms with Gasteiger partial charge in [-0.15, -0.1) is 0 Å². The van der Waals surface area contributed by atoms with Gasteiger partial charge in [-0.1, -0.05) is 12.1 Å². The van der Waals surface area contributed by atoms with E-state index in [9.17, 15) is 14.4 Å². The Hall–Kier alpha value is -2.57. The van der Waals surface area contributed by atoms with E-state index in [1.165, 1.54) is 0 Å². The first-order valence-electron chi connectivity index (χ1n) is 9.48. The molecule has 146 valence electrons. The number of piperazine rings is 1. The second-order valence-electron chi connectivity index (χ2n) is 7.26. The Kier molecular flexibility index (Phi) is 5.39. The minimum Gasteiger partial charge on any atom is -0.450 e. The third-order valence-corrected chi connectivity index (χ3v) is 5.54. The van der Waals surface area contributed by atoms with Crippen molar-refractivity contribution in [3.05, 3.63) is 29.3 Å². The smallest absolute Gasteiger partial charge is 0.409 e. The highest BCUT2D eigenvalue weighted by molar-refractivity contribution is 6.13. The monoisotopic (exact) mass is 373 g/mol. The summed E-state index contributed by atoms with van der Waals surface area (Å²) in [6.07, 6.45) is 0.791. The van der Waals surface area contributed by atoms with E-state index in [0.29, 0.717) is 45.6 Å². The molecule has 3 rings (SSSR count). The number of anilines is 1. The summed E-state index contributed by atoms with van der Waals surface area (Å²) in [4.78, 5) is 40.9. The van der Waals surface area contributed by atoms with Crippen molar-refractivity contribution in [2.75, 3.05) is 38.1 Å². The van der Waals surface area contributed by atoms with Gasteiger partial charge < -0.3 is 19.9 Å². The van der Waals surface area contributed by atoms with Crippen molar-refractivity contribution in [1.29, 1.82) is 0 Å². The van der Waals surface area contributed by atoms with Gasteiger partial charge in [-0.25, -0.2) is 4.79 Å². The van der Waals surface area contributed by atoms with Crippen LogP contribution in [0.5, 0.6) is 0 Å². The zero-order valence-corrected chi connectivity index (χ0v) is 16.2. The Labute approximate surface area is 159 Å². The first-order chi connectivity index (χ1) is 12.9. The van der Waals surface area contributed by atoms with Crippen LogP contribution in [-0.4, -0.2) is 60.5 Å². The van der Waals surface area contributed by atoms with Crippen LogP contribution in [0.3, 0.4) is 0 Å². The highest BCUT2D eigenvalue weighted by atomic mass is 16.6. The molecule has 1 aromatic carbocycles. The van der Waals surface area contributed by atoms with Crippen LogP contribution in [0.2, 0.25) is 0 Å². The maximum absolute atomic E-state index is 13.0. The summed E-state index contributed by atoms with van der Waals surface area (Å²) in [5.74, 6) is -0.358. The molecule has 1 aliphatic heterocycles. The number of carbonyl (C=O) groups is 3. The highest BCUT2D eigenvalue weighted by Gasteiger charge is 2.58. The van der Waals surface area contributed by atoms with Crippen LogP contribution in [0.1, 0.15) is 30.9 Å². The number of aryl methyl sites for hydroxylation is 1. The fourth-order valence-corrected chi connectivity index (χ4v) is 3.40. The van der Waals surface area contributed by atoms with Crippen LogP contribution >= 0.6 is 0 Å². The number of ether oxygens (including phenoxy) is 1. The normalized spacial score (nSPS) is 18.0. The molecule has 27 heavy (non-hydrogen) atoms. The van der Waals surface area contributed by atoms with Gasteiger partial charge >= 0.3 is 6.09 Å². The maximum Gasteiger partial charge on any atom is 0.409 e. The molecular weight excluding hydrogens is 346 g/mol. The van der Waals surface area contributed by atoms with Crippen LogP contribution in [-0.2, 0) is 14.3 Å². The van der Waals surface area contributed by atoms with E-state index in [0.717, 1.165) is 16.8 Å². The molecule has 1 heterocycles. The number of rotatable bonds is 4. The fraction of sp³-hybridized carbons (Fsp3) is 0.550. The van der Waals surface area contributed by atoms with Gasteiger partial charge in [-0.2, -0.15) is 0 Å². The van der Waals surface area contributed by atoms with Crippen molar-refractivity contribution in [3.8, 4) is 0 Å². The summed E-state index contributed by atoms with van der Waals surface area (Å²) >= 11 is 0. The number of hydrogen-bond donors (Lipinski definition) is 1. The van der Waals surface area contributed by atoms with Gasteiger partial charge in [0.05, 0.1) is 6.61 Å². The number of benzene rings is 1. The third kappa shape index (κ3) is 3.77. The predicted molar refractivity (Wildman–Crippen MR) is 101 cm³/mol. The fourth-order valence-electron chi connectivity index (χ4n) is 3.40. The summed E-state index contributed by atoms with van der Waals surface area (Å²) in [6, 6.07) is 5.75. The number of nitrogens with zero attached hydrogens (tertiary/aromatic N) is 2. The van der Waals surface area contributed by atoms with E-state index >= 15 is 0 Å². The van der Waals surface area contributed by atoms with E-state index in [4.69, 9.17) is 4.74 Å². The molecule has 7 heteroatoms. The Morgan fingerprint density at radius 3 is 2.30 bits per heavy atom. The first-order valence-corrected chi connectivity index (χ1v) is 9.48. The van der Waals surface area contributed by atoms with Crippen molar-refractivity contribution in [2.24, 2.45) is 5.41 Å². The van der Waals surface area contributed by atoms with E-state index < -0.39 is 5.41 Å². The summed E-state index contributed by atoms with van der Waals surface area (Å²) in [7, 11) is 0. The Morgan fingerprint density at radius 1 is 1.07 bits per heavy atom. The van der Waals surface area contributed by atoms with Crippen LogP contribution < -0.4 is 5.32 Å². The highest BCUT2D eigenvalue weighted by Crippen LogP contribution is 2.48. The minimum absolute atomic E-state index is 0.131. The molecule has 7 nitrogen and oxygen atoms in total. The van der Waals surface area contributed by atoms with Crippen LogP contribution in [0.25, 0.3) is 0 Å². The number of carbonyl (C=O) groups excluding carboxylic acids is 3. The van der Waals surface area contributed by atoms with E-state index in [-0.39, 0.29) is 17.9 Å². The summed E-state index contributed by atoms with van der Waals surface area (Å²) in [5, 5.41) is 2.95. The first kappa shape index (κ1) is 19.2. The van der Waals surface area contributed by atoms with E-state index in [1.807, 2.05) is 32.0 Å². The average Bonchev–Trinajstić information content (AvgIpc) is 3.47. The Balaban J connectivity index is 1.62. The molecule has 1 saturated carbocycles. The third-order valence-electron chi connectivity index (χ3n) is 5.54. The largest absolute Gasteiger partial charge is 0.450 e. The van der Waals surface area contributed by atoms with Gasteiger partial charge in [-0.05, 0) is 50.8 Å². The van der Waals surface area contributed by atoms with Gasteiger partial charge in [0.2, 0.25) is 11.8 Å². The lowest BCUT2D eigenvalue weighted by atomic mass is 10.0. The van der Waals surface area contributed by atoms with Crippen molar-refractivity contribution in [2.45, 2.75) is 33.6 Å². The topological polar surface area (TPSA) is 79.0 Å². The molecule has 0 atom stereocenters. The molecule has 1 N–H and O–H groups in total. The van der Waals surface area contributed by atoms with Gasteiger partial charge in [0, 0.05) is 31.9 Å². The standard InChI is InChI=1S/C20H27N3O4/c1-4-27-19(26)23-12-10-22(11-13-23)18(25)20(8-9-20)17(24)21-16-7-5-6-14(2)15(16)3/h5-7H,4,8-13H2,1-3H3,(H,21,24). The lowest BCUT2D eigenvalue weighted by molar-refractivity contribution is -0.143. The van der Waals surface area contributed by atoms with Gasteiger partial charge in [0.25, 0.3) is 0 Å². The van der Waals surface area contributed by atoms with Crippen molar-refractivity contribution in [3.63, 3.8) is 0 Å². The van der Waals surface area contributed by atoms with E-state index in [2.05, 4.69) is 5.32 Å². The van der Waals surface area contributed by atoms with E-state index in [1.54, 1.807) is 16.7 Å². The molecule has 2 aliphatic rings. The van der Waals surface area contributed by atoms with Crippen molar-refractivity contribution >= 4 is 23.6 Å². The molecule has 0 spiro atoms. The molecule has 0 radical (unpaired) electrons. The zero-order valence-electron chi connectivity index (χ0n) is 16.2. The minimum atomic E-state index is -0.956. The average molecular weight is 373 g/mol. The molecule has 0 unspecified atom stereocenters.